The standard InChI is InChI=1S/C26H27N3O8S2/c30-38(31,27-15-19-1-7-23-25(13-19)36-17-34-23)21-3-5-22(6-4-21)39(32,33)29-11-9-28(10-12-29)16-20-2-8-24-26(14-20)37-18-35-24/h1-8,13-14,27H,9-12,15-18H2. The molecule has 1 fully saturated rings. The third kappa shape index (κ3) is 5.40. The molecule has 39 heavy (non-hydrogen) atoms. The predicted octanol–water partition coefficient (Wildman–Crippen LogP) is 2.13. The Morgan fingerprint density at radius 3 is 1.82 bits per heavy atom. The maximum atomic E-state index is 13.2. The van der Waals surface area contributed by atoms with Gasteiger partial charge in [-0.1, -0.05) is 12.1 Å². The number of rotatable bonds is 8. The van der Waals surface area contributed by atoms with Crippen molar-refractivity contribution in [3.05, 3.63) is 71.8 Å². The Morgan fingerprint density at radius 1 is 0.641 bits per heavy atom. The molecular formula is C26H27N3O8S2. The Hall–Kier alpha value is -3.36. The van der Waals surface area contributed by atoms with Crippen LogP contribution in [-0.2, 0) is 33.1 Å². The molecule has 0 saturated carbocycles. The first-order chi connectivity index (χ1) is 18.8. The van der Waals surface area contributed by atoms with Crippen LogP contribution in [0, 0.1) is 0 Å². The molecule has 11 nitrogen and oxygen atoms in total. The fourth-order valence-corrected chi connectivity index (χ4v) is 7.12. The number of piperazine rings is 1. The number of benzene rings is 3. The van der Waals surface area contributed by atoms with Crippen molar-refractivity contribution >= 4 is 20.0 Å². The molecule has 13 heteroatoms. The number of hydrogen-bond acceptors (Lipinski definition) is 9. The van der Waals surface area contributed by atoms with Crippen LogP contribution in [0.25, 0.3) is 0 Å². The molecule has 0 amide bonds. The quantitative estimate of drug-likeness (QED) is 0.432. The van der Waals surface area contributed by atoms with Gasteiger partial charge in [-0.15, -0.1) is 0 Å². The Morgan fingerprint density at radius 2 is 1.18 bits per heavy atom. The average Bonchev–Trinajstić information content (AvgIpc) is 3.61. The molecular weight excluding hydrogens is 546 g/mol. The molecule has 0 aliphatic carbocycles. The van der Waals surface area contributed by atoms with E-state index in [1.165, 1.54) is 28.6 Å². The summed E-state index contributed by atoms with van der Waals surface area (Å²) in [6, 6.07) is 16.3. The largest absolute Gasteiger partial charge is 0.454 e. The highest BCUT2D eigenvalue weighted by Crippen LogP contribution is 2.34. The van der Waals surface area contributed by atoms with Crippen LogP contribution in [0.4, 0.5) is 0 Å². The number of ether oxygens (including phenoxy) is 4. The van der Waals surface area contributed by atoms with Crippen molar-refractivity contribution in [1.29, 1.82) is 0 Å². The maximum Gasteiger partial charge on any atom is 0.243 e. The second-order valence-electron chi connectivity index (χ2n) is 9.35. The lowest BCUT2D eigenvalue weighted by Crippen LogP contribution is -2.48. The zero-order valence-electron chi connectivity index (χ0n) is 20.9. The zero-order chi connectivity index (χ0) is 27.0. The van der Waals surface area contributed by atoms with Gasteiger partial charge in [0, 0.05) is 39.3 Å². The Bertz CT molecular complexity index is 1590. The molecule has 1 N–H and O–H groups in total. The first kappa shape index (κ1) is 25.9. The van der Waals surface area contributed by atoms with Crippen molar-refractivity contribution in [1.82, 2.24) is 13.9 Å². The van der Waals surface area contributed by atoms with Gasteiger partial charge in [-0.05, 0) is 59.7 Å². The number of hydrogen-bond donors (Lipinski definition) is 1. The van der Waals surface area contributed by atoms with E-state index in [0.717, 1.165) is 17.1 Å². The van der Waals surface area contributed by atoms with E-state index in [9.17, 15) is 16.8 Å². The second-order valence-corrected chi connectivity index (χ2v) is 13.1. The Kier molecular flexibility index (Phi) is 6.85. The summed E-state index contributed by atoms with van der Waals surface area (Å²) in [7, 11) is -7.62. The maximum absolute atomic E-state index is 13.2. The van der Waals surface area contributed by atoms with E-state index in [1.807, 2.05) is 18.2 Å². The summed E-state index contributed by atoms with van der Waals surface area (Å²) in [6.45, 7) is 2.91. The van der Waals surface area contributed by atoms with Gasteiger partial charge < -0.3 is 18.9 Å². The van der Waals surface area contributed by atoms with Crippen molar-refractivity contribution in [2.75, 3.05) is 39.8 Å². The minimum absolute atomic E-state index is 0.0178. The molecule has 0 spiro atoms. The van der Waals surface area contributed by atoms with Crippen LogP contribution in [-0.4, -0.2) is 65.8 Å². The van der Waals surface area contributed by atoms with Crippen LogP contribution in [0.5, 0.6) is 23.0 Å². The third-order valence-corrected chi connectivity index (χ3v) is 10.2. The van der Waals surface area contributed by atoms with Crippen LogP contribution >= 0.6 is 0 Å². The van der Waals surface area contributed by atoms with Gasteiger partial charge in [-0.3, -0.25) is 4.90 Å². The third-order valence-electron chi connectivity index (χ3n) is 6.85. The van der Waals surface area contributed by atoms with Crippen molar-refractivity contribution in [2.24, 2.45) is 0 Å². The molecule has 3 heterocycles. The van der Waals surface area contributed by atoms with Crippen molar-refractivity contribution in [3.63, 3.8) is 0 Å². The molecule has 3 aliphatic rings. The van der Waals surface area contributed by atoms with Gasteiger partial charge in [0.1, 0.15) is 0 Å². The number of nitrogens with zero attached hydrogens (tertiary/aromatic N) is 2. The van der Waals surface area contributed by atoms with Gasteiger partial charge in [-0.2, -0.15) is 4.31 Å². The molecule has 0 bridgehead atoms. The highest BCUT2D eigenvalue weighted by Gasteiger charge is 2.29. The summed E-state index contributed by atoms with van der Waals surface area (Å²) in [6.07, 6.45) is 0. The van der Waals surface area contributed by atoms with E-state index in [0.29, 0.717) is 49.8 Å². The molecule has 3 aromatic rings. The molecule has 1 saturated heterocycles. The SMILES string of the molecule is O=S(=O)(NCc1ccc2c(c1)OCO2)c1ccc(S(=O)(=O)N2CCN(Cc3ccc4c(c3)OCO4)CC2)cc1. The van der Waals surface area contributed by atoms with Crippen molar-refractivity contribution < 1.29 is 35.8 Å². The van der Waals surface area contributed by atoms with E-state index in [2.05, 4.69) is 9.62 Å². The molecule has 0 radical (unpaired) electrons. The number of sulfonamides is 2. The predicted molar refractivity (Wildman–Crippen MR) is 140 cm³/mol. The van der Waals surface area contributed by atoms with Gasteiger partial charge in [0.15, 0.2) is 23.0 Å². The monoisotopic (exact) mass is 573 g/mol. The van der Waals surface area contributed by atoms with E-state index < -0.39 is 20.0 Å². The lowest BCUT2D eigenvalue weighted by atomic mass is 10.2. The number of fused-ring (bicyclic) bond motifs is 2. The molecule has 0 unspecified atom stereocenters. The van der Waals surface area contributed by atoms with Crippen LogP contribution in [0.3, 0.4) is 0 Å². The fraction of sp³-hybridized carbons (Fsp3) is 0.308. The summed E-state index contributed by atoms with van der Waals surface area (Å²) < 4.78 is 77.4. The molecule has 0 atom stereocenters. The van der Waals surface area contributed by atoms with Gasteiger partial charge in [0.05, 0.1) is 9.79 Å². The zero-order valence-corrected chi connectivity index (χ0v) is 22.5. The Balaban J connectivity index is 1.05. The van der Waals surface area contributed by atoms with E-state index >= 15 is 0 Å². The lowest BCUT2D eigenvalue weighted by molar-refractivity contribution is 0.173. The Labute approximate surface area is 226 Å². The van der Waals surface area contributed by atoms with Gasteiger partial charge in [0.25, 0.3) is 0 Å². The molecule has 0 aromatic heterocycles. The summed E-state index contributed by atoms with van der Waals surface area (Å²) in [5, 5.41) is 0. The van der Waals surface area contributed by atoms with E-state index in [4.69, 9.17) is 18.9 Å². The van der Waals surface area contributed by atoms with Crippen LogP contribution in [0.1, 0.15) is 11.1 Å². The summed E-state index contributed by atoms with van der Waals surface area (Å²) in [5.41, 5.74) is 1.78. The summed E-state index contributed by atoms with van der Waals surface area (Å²) in [5.74, 6) is 2.64. The van der Waals surface area contributed by atoms with Gasteiger partial charge in [0.2, 0.25) is 33.6 Å². The minimum atomic E-state index is -3.85. The first-order valence-electron chi connectivity index (χ1n) is 12.4. The molecule has 3 aromatic carbocycles. The van der Waals surface area contributed by atoms with Crippen LogP contribution in [0.2, 0.25) is 0 Å². The van der Waals surface area contributed by atoms with Crippen molar-refractivity contribution in [3.8, 4) is 23.0 Å². The summed E-state index contributed by atoms with van der Waals surface area (Å²) >= 11 is 0. The minimum Gasteiger partial charge on any atom is -0.454 e. The number of nitrogens with one attached hydrogen (secondary N) is 1. The topological polar surface area (TPSA) is 124 Å². The highest BCUT2D eigenvalue weighted by atomic mass is 32.2. The van der Waals surface area contributed by atoms with Crippen LogP contribution < -0.4 is 23.7 Å². The molecule has 206 valence electrons. The van der Waals surface area contributed by atoms with E-state index in [1.54, 1.807) is 18.2 Å². The highest BCUT2D eigenvalue weighted by molar-refractivity contribution is 7.89. The smallest absolute Gasteiger partial charge is 0.243 e. The normalized spacial score (nSPS) is 17.4. The van der Waals surface area contributed by atoms with Gasteiger partial charge in [-0.25, -0.2) is 21.6 Å². The van der Waals surface area contributed by atoms with Gasteiger partial charge >= 0.3 is 0 Å². The van der Waals surface area contributed by atoms with Crippen LogP contribution in [0.15, 0.2) is 70.5 Å². The van der Waals surface area contributed by atoms with E-state index in [-0.39, 0.29) is 29.9 Å². The fourth-order valence-electron chi connectivity index (χ4n) is 4.68. The average molecular weight is 574 g/mol. The molecule has 3 aliphatic heterocycles. The second kappa shape index (κ2) is 10.3. The van der Waals surface area contributed by atoms with Crippen molar-refractivity contribution in [2.45, 2.75) is 22.9 Å². The first-order valence-corrected chi connectivity index (χ1v) is 15.3. The molecule has 6 rings (SSSR count). The summed E-state index contributed by atoms with van der Waals surface area (Å²) in [4.78, 5) is 2.22. The lowest BCUT2D eigenvalue weighted by Gasteiger charge is -2.34.